The fraction of sp³-hybridized carbons (Fsp3) is 0.421. The van der Waals surface area contributed by atoms with E-state index in [0.717, 1.165) is 36.6 Å². The zero-order valence-electron chi connectivity index (χ0n) is 15.5. The Morgan fingerprint density at radius 1 is 1.22 bits per heavy atom. The van der Waals surface area contributed by atoms with Crippen molar-refractivity contribution in [3.05, 3.63) is 51.0 Å². The highest BCUT2D eigenvalue weighted by Gasteiger charge is 2.16. The summed E-state index contributed by atoms with van der Waals surface area (Å²) in [6.45, 7) is 2.91. The second-order valence-corrected chi connectivity index (χ2v) is 7.68. The summed E-state index contributed by atoms with van der Waals surface area (Å²) in [5, 5.41) is 7.46. The molecule has 3 N–H and O–H groups in total. The van der Waals surface area contributed by atoms with Gasteiger partial charge in [-0.3, -0.25) is 4.79 Å². The number of carbonyl (C=O) groups excluding carboxylic acids is 1. The lowest BCUT2D eigenvalue weighted by Gasteiger charge is -2.27. The maximum atomic E-state index is 12.3. The van der Waals surface area contributed by atoms with E-state index in [1.54, 1.807) is 0 Å². The number of amides is 1. The minimum absolute atomic E-state index is 0.0276. The van der Waals surface area contributed by atoms with E-state index < -0.39 is 0 Å². The van der Waals surface area contributed by atoms with Crippen LogP contribution in [-0.2, 0) is 11.2 Å². The number of hydrogen-bond acceptors (Lipinski definition) is 5. The van der Waals surface area contributed by atoms with Crippen LogP contribution in [0.2, 0.25) is 0 Å². The summed E-state index contributed by atoms with van der Waals surface area (Å²) in [7, 11) is 2.05. The van der Waals surface area contributed by atoms with Gasteiger partial charge in [0.2, 0.25) is 5.91 Å². The van der Waals surface area contributed by atoms with E-state index in [2.05, 4.69) is 25.3 Å². The lowest BCUT2D eigenvalue weighted by atomic mass is 10.1. The Morgan fingerprint density at radius 2 is 2.00 bits per heavy atom. The molecule has 1 aliphatic rings. The Morgan fingerprint density at radius 3 is 2.74 bits per heavy atom. The Balaban J connectivity index is 1.55. The molecule has 2 aromatic rings. The largest absolute Gasteiger partial charge is 0.336 e. The number of anilines is 1. The molecule has 0 radical (unpaired) electrons. The Kier molecular flexibility index (Phi) is 6.89. The predicted molar refractivity (Wildman–Crippen MR) is 113 cm³/mol. The zero-order chi connectivity index (χ0) is 19.2. The number of benzene rings is 1. The van der Waals surface area contributed by atoms with Gasteiger partial charge in [-0.1, -0.05) is 24.4 Å². The number of nitrogens with zero attached hydrogens (tertiary/aromatic N) is 2. The van der Waals surface area contributed by atoms with Gasteiger partial charge in [-0.25, -0.2) is 10.0 Å². The fourth-order valence-corrected chi connectivity index (χ4v) is 3.81. The summed E-state index contributed by atoms with van der Waals surface area (Å²) in [6, 6.07) is 9.72. The number of carbonyl (C=O) groups is 1. The van der Waals surface area contributed by atoms with Crippen LogP contribution in [0.25, 0.3) is 0 Å². The normalized spacial score (nSPS) is 14.6. The van der Waals surface area contributed by atoms with Gasteiger partial charge in [0.25, 0.3) is 0 Å². The van der Waals surface area contributed by atoms with Gasteiger partial charge in [0.05, 0.1) is 0 Å². The third kappa shape index (κ3) is 6.07. The van der Waals surface area contributed by atoms with E-state index in [1.165, 1.54) is 12.8 Å². The number of hydrogen-bond donors (Lipinski definition) is 3. The topological polar surface area (TPSA) is 67.2 Å². The van der Waals surface area contributed by atoms with Crippen molar-refractivity contribution in [1.29, 1.82) is 0 Å². The Labute approximate surface area is 169 Å². The van der Waals surface area contributed by atoms with Crippen molar-refractivity contribution >= 4 is 36.0 Å². The molecule has 0 aliphatic carbocycles. The SMILES string of the molecule is CN(CCC(=O)Nc1cccc(Cc2cc(=S)[nH]c(=S)[nH]2)c1)N1CCCC1. The van der Waals surface area contributed by atoms with Crippen molar-refractivity contribution in [1.82, 2.24) is 20.0 Å². The zero-order valence-corrected chi connectivity index (χ0v) is 17.1. The first-order valence-corrected chi connectivity index (χ1v) is 9.98. The van der Waals surface area contributed by atoms with E-state index in [0.29, 0.717) is 22.3 Å². The van der Waals surface area contributed by atoms with Crippen LogP contribution in [0.3, 0.4) is 0 Å². The van der Waals surface area contributed by atoms with E-state index in [9.17, 15) is 4.79 Å². The van der Waals surface area contributed by atoms with Crippen LogP contribution in [0.4, 0.5) is 5.69 Å². The summed E-state index contributed by atoms with van der Waals surface area (Å²) in [4.78, 5) is 18.3. The molecule has 1 aromatic carbocycles. The standard InChI is InChI=1S/C19H25N5OS2/c1-23(24-8-2-3-9-24)10-7-17(25)20-15-6-4-5-14(11-15)12-16-13-18(26)22-19(27)21-16/h4-6,11,13H,2-3,7-10,12H2,1H3,(H,20,25)(H2,21,22,26,27). The van der Waals surface area contributed by atoms with Gasteiger partial charge in [0, 0.05) is 50.9 Å². The molecule has 27 heavy (non-hydrogen) atoms. The van der Waals surface area contributed by atoms with Gasteiger partial charge in [0.1, 0.15) is 4.64 Å². The van der Waals surface area contributed by atoms with Crippen LogP contribution in [0.1, 0.15) is 30.5 Å². The summed E-state index contributed by atoms with van der Waals surface area (Å²) in [5.41, 5.74) is 2.83. The molecule has 0 atom stereocenters. The number of nitrogens with one attached hydrogen (secondary N) is 3. The van der Waals surface area contributed by atoms with Crippen LogP contribution in [0, 0.1) is 9.41 Å². The van der Waals surface area contributed by atoms with Crippen molar-refractivity contribution < 1.29 is 4.79 Å². The molecule has 1 saturated heterocycles. The van der Waals surface area contributed by atoms with Gasteiger partial charge in [-0.2, -0.15) is 0 Å². The monoisotopic (exact) mass is 403 g/mol. The van der Waals surface area contributed by atoms with Crippen molar-refractivity contribution in [2.75, 3.05) is 32.0 Å². The van der Waals surface area contributed by atoms with Crippen molar-refractivity contribution in [3.8, 4) is 0 Å². The molecule has 0 saturated carbocycles. The molecule has 1 amide bonds. The minimum atomic E-state index is 0.0276. The maximum Gasteiger partial charge on any atom is 0.225 e. The quantitative estimate of drug-likeness (QED) is 0.616. The minimum Gasteiger partial charge on any atom is -0.336 e. The summed E-state index contributed by atoms with van der Waals surface area (Å²) < 4.78 is 1.13. The van der Waals surface area contributed by atoms with Crippen molar-refractivity contribution in [2.45, 2.75) is 25.7 Å². The highest BCUT2D eigenvalue weighted by Crippen LogP contribution is 2.15. The number of aromatic amines is 2. The molecule has 1 fully saturated rings. The first-order chi connectivity index (χ1) is 13.0. The summed E-state index contributed by atoms with van der Waals surface area (Å²) >= 11 is 10.3. The number of H-pyrrole nitrogens is 2. The summed E-state index contributed by atoms with van der Waals surface area (Å²) in [6.07, 6.45) is 3.61. The number of aromatic nitrogens is 2. The van der Waals surface area contributed by atoms with Gasteiger partial charge >= 0.3 is 0 Å². The maximum absolute atomic E-state index is 12.3. The third-order valence-electron chi connectivity index (χ3n) is 4.65. The van der Waals surface area contributed by atoms with E-state index in [1.807, 2.05) is 37.4 Å². The van der Waals surface area contributed by atoms with E-state index >= 15 is 0 Å². The van der Waals surface area contributed by atoms with Crippen molar-refractivity contribution in [3.63, 3.8) is 0 Å². The molecule has 144 valence electrons. The molecular formula is C19H25N5OS2. The second kappa shape index (κ2) is 9.36. The van der Waals surface area contributed by atoms with E-state index in [4.69, 9.17) is 24.4 Å². The molecule has 2 heterocycles. The average molecular weight is 404 g/mol. The first-order valence-electron chi connectivity index (χ1n) is 9.17. The van der Waals surface area contributed by atoms with Crippen LogP contribution in [0.15, 0.2) is 30.3 Å². The van der Waals surface area contributed by atoms with E-state index in [-0.39, 0.29) is 5.91 Å². The van der Waals surface area contributed by atoms with Crippen LogP contribution >= 0.6 is 24.4 Å². The van der Waals surface area contributed by atoms with Crippen LogP contribution < -0.4 is 5.32 Å². The Bertz CT molecular complexity index is 873. The molecule has 1 aromatic heterocycles. The van der Waals surface area contributed by atoms with Gasteiger partial charge in [0.15, 0.2) is 4.77 Å². The van der Waals surface area contributed by atoms with Crippen molar-refractivity contribution in [2.24, 2.45) is 0 Å². The smallest absolute Gasteiger partial charge is 0.225 e. The first kappa shape index (κ1) is 19.9. The van der Waals surface area contributed by atoms with Gasteiger partial charge < -0.3 is 15.3 Å². The second-order valence-electron chi connectivity index (χ2n) is 6.83. The van der Waals surface area contributed by atoms with Crippen LogP contribution in [-0.4, -0.2) is 52.6 Å². The lowest BCUT2D eigenvalue weighted by Crippen LogP contribution is -2.39. The lowest BCUT2D eigenvalue weighted by molar-refractivity contribution is -0.117. The fourth-order valence-electron chi connectivity index (χ4n) is 3.26. The van der Waals surface area contributed by atoms with Gasteiger partial charge in [-0.05, 0) is 48.8 Å². The third-order valence-corrected chi connectivity index (χ3v) is 5.07. The predicted octanol–water partition coefficient (Wildman–Crippen LogP) is 3.66. The molecule has 0 unspecified atom stereocenters. The highest BCUT2D eigenvalue weighted by atomic mass is 32.1. The Hall–Kier alpha value is -1.87. The van der Waals surface area contributed by atoms with Crippen LogP contribution in [0.5, 0.6) is 0 Å². The molecular weight excluding hydrogens is 378 g/mol. The number of hydrazine groups is 1. The molecule has 8 heteroatoms. The molecule has 3 rings (SSSR count). The average Bonchev–Trinajstić information content (AvgIpc) is 3.14. The molecule has 0 bridgehead atoms. The molecule has 6 nitrogen and oxygen atoms in total. The molecule has 1 aliphatic heterocycles. The highest BCUT2D eigenvalue weighted by molar-refractivity contribution is 7.72. The number of rotatable bonds is 7. The molecule has 0 spiro atoms. The summed E-state index contributed by atoms with van der Waals surface area (Å²) in [5.74, 6) is 0.0276. The van der Waals surface area contributed by atoms with Gasteiger partial charge in [-0.15, -0.1) is 0 Å².